The second-order valence-electron chi connectivity index (χ2n) is 8.12. The summed E-state index contributed by atoms with van der Waals surface area (Å²) in [6, 6.07) is 18.7. The van der Waals surface area contributed by atoms with Gasteiger partial charge in [0.15, 0.2) is 0 Å². The third kappa shape index (κ3) is 4.09. The molecule has 7 nitrogen and oxygen atoms in total. The van der Waals surface area contributed by atoms with Gasteiger partial charge in [-0.2, -0.15) is 4.52 Å². The van der Waals surface area contributed by atoms with Gasteiger partial charge in [-0.05, 0) is 30.2 Å². The molecular weight excluding hydrogens is 422 g/mol. The maximum absolute atomic E-state index is 11.0. The van der Waals surface area contributed by atoms with Gasteiger partial charge in [0.1, 0.15) is 11.6 Å². The molecule has 4 aromatic rings. The highest BCUT2D eigenvalue weighted by atomic mass is 32.1. The summed E-state index contributed by atoms with van der Waals surface area (Å²) in [6.07, 6.45) is 0. The van der Waals surface area contributed by atoms with Crippen LogP contribution in [0.15, 0.2) is 54.6 Å². The van der Waals surface area contributed by atoms with Crippen LogP contribution in [0, 0.1) is 6.92 Å². The minimum absolute atomic E-state index is 0.0615. The van der Waals surface area contributed by atoms with Crippen LogP contribution in [0.2, 0.25) is 0 Å². The van der Waals surface area contributed by atoms with E-state index in [2.05, 4.69) is 62.3 Å². The van der Waals surface area contributed by atoms with Gasteiger partial charge in [-0.1, -0.05) is 53.8 Å². The monoisotopic (exact) mass is 449 g/mol. The number of aryl methyl sites for hydroxylation is 1. The minimum atomic E-state index is -0.0615. The van der Waals surface area contributed by atoms with Crippen molar-refractivity contribution < 1.29 is 9.84 Å². The van der Waals surface area contributed by atoms with Crippen LogP contribution in [0.3, 0.4) is 0 Å². The molecule has 32 heavy (non-hydrogen) atoms. The van der Waals surface area contributed by atoms with Crippen molar-refractivity contribution in [3.8, 4) is 11.6 Å². The molecule has 1 fully saturated rings. The number of piperazine rings is 1. The van der Waals surface area contributed by atoms with Crippen molar-refractivity contribution >= 4 is 16.3 Å². The van der Waals surface area contributed by atoms with Gasteiger partial charge in [-0.25, -0.2) is 4.98 Å². The predicted molar refractivity (Wildman–Crippen MR) is 125 cm³/mol. The van der Waals surface area contributed by atoms with Crippen molar-refractivity contribution in [1.29, 1.82) is 0 Å². The van der Waals surface area contributed by atoms with Crippen LogP contribution in [-0.4, -0.2) is 62.8 Å². The molecule has 2 aromatic carbocycles. The first kappa shape index (κ1) is 20.9. The summed E-state index contributed by atoms with van der Waals surface area (Å²) in [5.74, 6) is 1.66. The van der Waals surface area contributed by atoms with E-state index < -0.39 is 0 Å². The van der Waals surface area contributed by atoms with Crippen LogP contribution in [0.4, 0.5) is 0 Å². The normalized spacial score (nSPS) is 16.4. The maximum atomic E-state index is 11.0. The molecule has 0 amide bonds. The quantitative estimate of drug-likeness (QED) is 0.484. The fourth-order valence-corrected chi connectivity index (χ4v) is 5.52. The number of hydrogen-bond acceptors (Lipinski definition) is 7. The van der Waals surface area contributed by atoms with Crippen molar-refractivity contribution in [2.75, 3.05) is 33.3 Å². The smallest absolute Gasteiger partial charge is 0.230 e. The number of ether oxygens (including phenoxy) is 1. The summed E-state index contributed by atoms with van der Waals surface area (Å²) in [6.45, 7) is 6.57. The number of hydrogen-bond donors (Lipinski definition) is 1. The SMILES string of the molecule is COc1ccc([C@H](c2sc3nc(C)nn3c2O)N2CCN(Cc3ccccc3)CC2)cc1. The number of benzene rings is 2. The Morgan fingerprint density at radius 1 is 1.03 bits per heavy atom. The van der Waals surface area contributed by atoms with E-state index in [0.717, 1.165) is 53.9 Å². The maximum Gasteiger partial charge on any atom is 0.230 e. The fraction of sp³-hybridized carbons (Fsp3) is 0.333. The van der Waals surface area contributed by atoms with Crippen molar-refractivity contribution in [2.45, 2.75) is 19.5 Å². The second kappa shape index (κ2) is 8.90. The number of methoxy groups -OCH3 is 1. The number of aromatic hydroxyl groups is 1. The van der Waals surface area contributed by atoms with Crippen LogP contribution in [0.5, 0.6) is 11.6 Å². The van der Waals surface area contributed by atoms with E-state index in [9.17, 15) is 5.11 Å². The van der Waals surface area contributed by atoms with E-state index in [1.165, 1.54) is 16.9 Å². The Kier molecular flexibility index (Phi) is 5.82. The van der Waals surface area contributed by atoms with Crippen LogP contribution in [-0.2, 0) is 6.54 Å². The molecule has 0 spiro atoms. The Morgan fingerprint density at radius 2 is 1.75 bits per heavy atom. The molecule has 166 valence electrons. The molecule has 1 aliphatic heterocycles. The second-order valence-corrected chi connectivity index (χ2v) is 9.13. The average Bonchev–Trinajstić information content (AvgIpc) is 3.33. The van der Waals surface area contributed by atoms with Gasteiger partial charge in [0, 0.05) is 32.7 Å². The molecule has 0 saturated carbocycles. The molecule has 1 atom stereocenters. The van der Waals surface area contributed by atoms with E-state index in [1.807, 2.05) is 19.1 Å². The Balaban J connectivity index is 1.42. The molecule has 1 saturated heterocycles. The summed E-state index contributed by atoms with van der Waals surface area (Å²) in [5.41, 5.74) is 2.46. The average molecular weight is 450 g/mol. The number of thiazole rings is 1. The summed E-state index contributed by atoms with van der Waals surface area (Å²) in [5, 5.41) is 15.4. The molecular formula is C24H27N5O2S. The van der Waals surface area contributed by atoms with Gasteiger partial charge < -0.3 is 9.84 Å². The van der Waals surface area contributed by atoms with Gasteiger partial charge in [-0.3, -0.25) is 9.80 Å². The predicted octanol–water partition coefficient (Wildman–Crippen LogP) is 3.72. The molecule has 0 bridgehead atoms. The van der Waals surface area contributed by atoms with Crippen LogP contribution in [0.1, 0.15) is 27.9 Å². The Hall–Kier alpha value is -2.94. The number of fused-ring (bicyclic) bond motifs is 1. The van der Waals surface area contributed by atoms with Crippen molar-refractivity contribution in [2.24, 2.45) is 0 Å². The molecule has 8 heteroatoms. The van der Waals surface area contributed by atoms with Gasteiger partial charge in [0.05, 0.1) is 18.0 Å². The van der Waals surface area contributed by atoms with Crippen molar-refractivity contribution in [3.63, 3.8) is 0 Å². The molecule has 2 aromatic heterocycles. The first-order valence-corrected chi connectivity index (χ1v) is 11.6. The Morgan fingerprint density at radius 3 is 2.41 bits per heavy atom. The lowest BCUT2D eigenvalue weighted by Gasteiger charge is -2.39. The Labute approximate surface area is 191 Å². The molecule has 3 heterocycles. The topological polar surface area (TPSA) is 66.1 Å². The number of rotatable bonds is 6. The molecule has 1 aliphatic rings. The summed E-state index contributed by atoms with van der Waals surface area (Å²) >= 11 is 1.51. The highest BCUT2D eigenvalue weighted by molar-refractivity contribution is 7.17. The van der Waals surface area contributed by atoms with Crippen LogP contribution >= 0.6 is 11.3 Å². The van der Waals surface area contributed by atoms with E-state index in [-0.39, 0.29) is 11.9 Å². The van der Waals surface area contributed by atoms with E-state index in [4.69, 9.17) is 4.74 Å². The van der Waals surface area contributed by atoms with Gasteiger partial charge in [0.2, 0.25) is 10.8 Å². The number of nitrogens with zero attached hydrogens (tertiary/aromatic N) is 5. The number of aromatic nitrogens is 3. The van der Waals surface area contributed by atoms with Gasteiger partial charge in [-0.15, -0.1) is 5.10 Å². The van der Waals surface area contributed by atoms with Crippen molar-refractivity contribution in [3.05, 3.63) is 76.4 Å². The summed E-state index contributed by atoms with van der Waals surface area (Å²) < 4.78 is 6.91. The zero-order chi connectivity index (χ0) is 22.1. The van der Waals surface area contributed by atoms with Crippen molar-refractivity contribution in [1.82, 2.24) is 24.4 Å². The third-order valence-corrected chi connectivity index (χ3v) is 7.08. The zero-order valence-electron chi connectivity index (χ0n) is 18.3. The summed E-state index contributed by atoms with van der Waals surface area (Å²) in [4.78, 5) is 11.0. The highest BCUT2D eigenvalue weighted by Crippen LogP contribution is 2.40. The minimum Gasteiger partial charge on any atom is -0.497 e. The molecule has 0 unspecified atom stereocenters. The first-order chi connectivity index (χ1) is 15.6. The molecule has 1 N–H and O–H groups in total. The molecule has 5 rings (SSSR count). The van der Waals surface area contributed by atoms with E-state index in [0.29, 0.717) is 5.82 Å². The third-order valence-electron chi connectivity index (χ3n) is 6.01. The Bertz CT molecular complexity index is 1180. The van der Waals surface area contributed by atoms with Gasteiger partial charge >= 0.3 is 0 Å². The lowest BCUT2D eigenvalue weighted by atomic mass is 10.0. The molecule has 0 radical (unpaired) electrons. The van der Waals surface area contributed by atoms with E-state index >= 15 is 0 Å². The zero-order valence-corrected chi connectivity index (χ0v) is 19.1. The van der Waals surface area contributed by atoms with E-state index in [1.54, 1.807) is 11.6 Å². The van der Waals surface area contributed by atoms with Crippen LogP contribution < -0.4 is 4.74 Å². The molecule has 0 aliphatic carbocycles. The first-order valence-electron chi connectivity index (χ1n) is 10.8. The fourth-order valence-electron chi connectivity index (χ4n) is 4.36. The lowest BCUT2D eigenvalue weighted by Crippen LogP contribution is -2.47. The summed E-state index contributed by atoms with van der Waals surface area (Å²) in [7, 11) is 1.67. The lowest BCUT2D eigenvalue weighted by molar-refractivity contribution is 0.105. The van der Waals surface area contributed by atoms with Gasteiger partial charge in [0.25, 0.3) is 0 Å². The standard InChI is InChI=1S/C24H27N5O2S/c1-17-25-24-29(26-17)23(30)22(32-24)21(19-8-10-20(31-2)11-9-19)28-14-12-27(13-15-28)16-18-6-4-3-5-7-18/h3-11,21,30H,12-16H2,1-2H3/t21-/m1/s1. The largest absolute Gasteiger partial charge is 0.497 e. The van der Waals surface area contributed by atoms with Crippen LogP contribution in [0.25, 0.3) is 4.96 Å². The highest BCUT2D eigenvalue weighted by Gasteiger charge is 2.31.